The highest BCUT2D eigenvalue weighted by atomic mass is 35.5. The summed E-state index contributed by atoms with van der Waals surface area (Å²) in [5, 5.41) is 20.9. The van der Waals surface area contributed by atoms with Gasteiger partial charge >= 0.3 is 11.2 Å². The summed E-state index contributed by atoms with van der Waals surface area (Å²) in [6.07, 6.45) is 3.01. The number of aromatic nitrogens is 2. The third kappa shape index (κ3) is 4.36. The molecule has 0 amide bonds. The molecule has 0 spiro atoms. The molecule has 0 bridgehead atoms. The molecule has 1 heterocycles. The van der Waals surface area contributed by atoms with Crippen molar-refractivity contribution >= 4 is 29.4 Å². The number of nitrogens with zero attached hydrogens (tertiary/aromatic N) is 2. The molecule has 1 aromatic heterocycles. The average Bonchev–Trinajstić information content (AvgIpc) is 2.65. The summed E-state index contributed by atoms with van der Waals surface area (Å²) in [5.41, 5.74) is -0.537. The van der Waals surface area contributed by atoms with E-state index < -0.39 is 22.0 Å². The first-order valence-electron chi connectivity index (χ1n) is 8.06. The molecule has 142 valence electrons. The average molecular weight is 400 g/mol. The maximum Gasteiger partial charge on any atom is 0.395 e. The van der Waals surface area contributed by atoms with E-state index in [1.54, 1.807) is 36.4 Å². The van der Waals surface area contributed by atoms with Gasteiger partial charge in [0.25, 0.3) is 5.88 Å². The van der Waals surface area contributed by atoms with E-state index in [1.807, 2.05) is 18.2 Å². The lowest BCUT2D eigenvalue weighted by Gasteiger charge is -2.10. The lowest BCUT2D eigenvalue weighted by atomic mass is 10.2. The molecule has 0 saturated carbocycles. The van der Waals surface area contributed by atoms with Gasteiger partial charge in [0.15, 0.2) is 0 Å². The maximum absolute atomic E-state index is 11.7. The van der Waals surface area contributed by atoms with Crippen LogP contribution < -0.4 is 10.3 Å². The summed E-state index contributed by atoms with van der Waals surface area (Å²) in [4.78, 5) is 27.3. The molecule has 3 aromatic rings. The van der Waals surface area contributed by atoms with Crippen molar-refractivity contribution in [1.29, 1.82) is 0 Å². The van der Waals surface area contributed by atoms with Crippen LogP contribution in [-0.4, -0.2) is 20.0 Å². The molecule has 0 atom stereocenters. The molecule has 0 unspecified atom stereocenters. The summed E-state index contributed by atoms with van der Waals surface area (Å²) in [6, 6.07) is 14.5. The van der Waals surface area contributed by atoms with E-state index in [0.717, 1.165) is 5.56 Å². The molecule has 9 heteroatoms. The lowest BCUT2D eigenvalue weighted by Crippen LogP contribution is -2.14. The van der Waals surface area contributed by atoms with Crippen molar-refractivity contribution in [2.24, 2.45) is 0 Å². The van der Waals surface area contributed by atoms with Crippen LogP contribution in [0.3, 0.4) is 0 Å². The second-order valence-electron chi connectivity index (χ2n) is 5.63. The highest BCUT2D eigenvalue weighted by Crippen LogP contribution is 2.24. The van der Waals surface area contributed by atoms with E-state index in [2.05, 4.69) is 9.97 Å². The van der Waals surface area contributed by atoms with Crippen molar-refractivity contribution in [1.82, 2.24) is 9.97 Å². The van der Waals surface area contributed by atoms with Gasteiger partial charge in [-0.1, -0.05) is 48.0 Å². The molecule has 0 fully saturated rings. The van der Waals surface area contributed by atoms with Crippen LogP contribution in [0.5, 0.6) is 11.6 Å². The first-order valence-corrected chi connectivity index (χ1v) is 8.44. The minimum atomic E-state index is -1.04. The van der Waals surface area contributed by atoms with Gasteiger partial charge in [0.1, 0.15) is 18.2 Å². The molecule has 0 aliphatic rings. The Bertz CT molecular complexity index is 1110. The number of ether oxygens (including phenoxy) is 1. The number of rotatable bonds is 6. The van der Waals surface area contributed by atoms with Crippen molar-refractivity contribution in [3.8, 4) is 11.6 Å². The number of H-pyrrole nitrogens is 1. The number of halogens is 1. The second kappa shape index (κ2) is 8.36. The number of aromatic hydroxyl groups is 1. The van der Waals surface area contributed by atoms with Gasteiger partial charge in [0.05, 0.1) is 4.92 Å². The number of hydrogen-bond donors (Lipinski definition) is 2. The Morgan fingerprint density at radius 1 is 1.18 bits per heavy atom. The van der Waals surface area contributed by atoms with Gasteiger partial charge in [-0.3, -0.25) is 14.9 Å². The van der Waals surface area contributed by atoms with Crippen LogP contribution in [-0.2, 0) is 6.61 Å². The molecule has 0 saturated heterocycles. The molecule has 3 rings (SSSR count). The quantitative estimate of drug-likeness (QED) is 0.481. The van der Waals surface area contributed by atoms with E-state index in [-0.39, 0.29) is 12.4 Å². The van der Waals surface area contributed by atoms with Crippen molar-refractivity contribution < 1.29 is 14.8 Å². The third-order valence-electron chi connectivity index (χ3n) is 3.76. The van der Waals surface area contributed by atoms with Gasteiger partial charge < -0.3 is 14.8 Å². The Morgan fingerprint density at radius 2 is 1.89 bits per heavy atom. The fraction of sp³-hybridized carbons (Fsp3) is 0.0526. The Hall–Kier alpha value is -3.65. The van der Waals surface area contributed by atoms with Crippen LogP contribution in [0, 0.1) is 10.1 Å². The maximum atomic E-state index is 11.7. The van der Waals surface area contributed by atoms with E-state index in [4.69, 9.17) is 16.3 Å². The van der Waals surface area contributed by atoms with Crippen LogP contribution in [0.2, 0.25) is 5.02 Å². The third-order valence-corrected chi connectivity index (χ3v) is 4.13. The normalized spacial score (nSPS) is 10.9. The summed E-state index contributed by atoms with van der Waals surface area (Å²) < 4.78 is 5.82. The van der Waals surface area contributed by atoms with E-state index in [0.29, 0.717) is 16.3 Å². The van der Waals surface area contributed by atoms with Gasteiger partial charge in [0.2, 0.25) is 0 Å². The number of benzene rings is 2. The zero-order valence-electron chi connectivity index (χ0n) is 14.3. The summed E-state index contributed by atoms with van der Waals surface area (Å²) in [7, 11) is 0. The van der Waals surface area contributed by atoms with Crippen LogP contribution in [0.25, 0.3) is 12.2 Å². The molecule has 2 aromatic carbocycles. The van der Waals surface area contributed by atoms with Crippen LogP contribution in [0.15, 0.2) is 53.3 Å². The van der Waals surface area contributed by atoms with Crippen molar-refractivity contribution in [3.63, 3.8) is 0 Å². The predicted octanol–water partition coefficient (Wildman–Crippen LogP) is 3.79. The van der Waals surface area contributed by atoms with Gasteiger partial charge in [-0.05, 0) is 24.3 Å². The molecule has 2 N–H and O–H groups in total. The Kier molecular flexibility index (Phi) is 5.71. The molecule has 0 aliphatic heterocycles. The Labute approximate surface area is 163 Å². The molecular formula is C19H14ClN3O5. The minimum Gasteiger partial charge on any atom is -0.488 e. The topological polar surface area (TPSA) is 118 Å². The van der Waals surface area contributed by atoms with Gasteiger partial charge in [-0.25, -0.2) is 0 Å². The summed E-state index contributed by atoms with van der Waals surface area (Å²) in [5.74, 6) is -0.419. The highest BCUT2D eigenvalue weighted by Gasteiger charge is 2.21. The number of para-hydroxylation sites is 1. The van der Waals surface area contributed by atoms with Crippen molar-refractivity contribution in [2.45, 2.75) is 6.61 Å². The second-order valence-corrected chi connectivity index (χ2v) is 6.04. The smallest absolute Gasteiger partial charge is 0.395 e. The molecule has 0 aliphatic carbocycles. The lowest BCUT2D eigenvalue weighted by molar-refractivity contribution is -0.387. The minimum absolute atomic E-state index is 0.0333. The largest absolute Gasteiger partial charge is 0.488 e. The van der Waals surface area contributed by atoms with E-state index >= 15 is 0 Å². The fourth-order valence-corrected chi connectivity index (χ4v) is 2.60. The predicted molar refractivity (Wildman–Crippen MR) is 104 cm³/mol. The number of nitrogens with one attached hydrogen (secondary N) is 1. The number of nitro groups is 1. The van der Waals surface area contributed by atoms with Crippen LogP contribution in [0.4, 0.5) is 5.69 Å². The summed E-state index contributed by atoms with van der Waals surface area (Å²) >= 11 is 6.13. The SMILES string of the molecule is O=c1[nH]c(/C=C/c2ccccc2OCc2ccccc2Cl)nc(O)c1[N+](=O)[O-]. The Balaban J connectivity index is 1.83. The monoisotopic (exact) mass is 399 g/mol. The van der Waals surface area contributed by atoms with Crippen molar-refractivity contribution in [3.05, 3.63) is 91.0 Å². The van der Waals surface area contributed by atoms with Crippen LogP contribution in [0.1, 0.15) is 17.0 Å². The van der Waals surface area contributed by atoms with Crippen LogP contribution >= 0.6 is 11.6 Å². The standard InChI is InChI=1S/C19H14ClN3O5/c20-14-7-3-1-6-13(14)11-28-15-8-4-2-5-12(15)9-10-16-21-18(24)17(23(26)27)19(25)22-16/h1-10H,11H2,(H2,21,22,24,25)/b10-9+. The zero-order chi connectivity index (χ0) is 20.1. The number of hydrogen-bond acceptors (Lipinski definition) is 6. The zero-order valence-corrected chi connectivity index (χ0v) is 15.1. The van der Waals surface area contributed by atoms with Gasteiger partial charge in [-0.15, -0.1) is 0 Å². The highest BCUT2D eigenvalue weighted by molar-refractivity contribution is 6.31. The molecule has 28 heavy (non-hydrogen) atoms. The number of aromatic amines is 1. The molecule has 8 nitrogen and oxygen atoms in total. The molecular weight excluding hydrogens is 386 g/mol. The first-order chi connectivity index (χ1) is 13.5. The van der Waals surface area contributed by atoms with Gasteiger partial charge in [-0.2, -0.15) is 4.98 Å². The first kappa shape index (κ1) is 19.1. The van der Waals surface area contributed by atoms with Gasteiger partial charge in [0, 0.05) is 16.1 Å². The summed E-state index contributed by atoms with van der Waals surface area (Å²) in [6.45, 7) is 0.262. The molecule has 0 radical (unpaired) electrons. The van der Waals surface area contributed by atoms with E-state index in [1.165, 1.54) is 6.08 Å². The van der Waals surface area contributed by atoms with Crippen molar-refractivity contribution in [2.75, 3.05) is 0 Å². The van der Waals surface area contributed by atoms with E-state index in [9.17, 15) is 20.0 Å². The Morgan fingerprint density at radius 3 is 2.61 bits per heavy atom. The fourth-order valence-electron chi connectivity index (χ4n) is 2.40.